The summed E-state index contributed by atoms with van der Waals surface area (Å²) in [7, 11) is -1.20. The maximum Gasteiger partial charge on any atom is 0.451 e. The highest BCUT2D eigenvalue weighted by molar-refractivity contribution is 6.40. The first kappa shape index (κ1) is 21.0. The molecule has 0 spiro atoms. The Balaban J connectivity index is 1.78. The van der Waals surface area contributed by atoms with Gasteiger partial charge in [0.15, 0.2) is 0 Å². The summed E-state index contributed by atoms with van der Waals surface area (Å²) in [4.78, 5) is 2.42. The van der Waals surface area contributed by atoms with Crippen LogP contribution in [0.3, 0.4) is 0 Å². The van der Waals surface area contributed by atoms with E-state index >= 15 is 0 Å². The van der Waals surface area contributed by atoms with Crippen molar-refractivity contribution >= 4 is 30.3 Å². The fraction of sp³-hybridized carbons (Fsp3) is 0.667. The number of likely N-dealkylation sites (tertiary alicyclic amines) is 1. The molecule has 1 unspecified atom stereocenters. The number of nitrogens with two attached hydrogens (primary N) is 1. The first-order valence-electron chi connectivity index (χ1n) is 9.09. The minimum atomic E-state index is -1.20. The Morgan fingerprint density at radius 3 is 2.52 bits per heavy atom. The molecule has 140 valence electrons. The summed E-state index contributed by atoms with van der Waals surface area (Å²) >= 11 is 12.2. The van der Waals surface area contributed by atoms with E-state index in [1.54, 1.807) is 6.07 Å². The summed E-state index contributed by atoms with van der Waals surface area (Å²) in [6, 6.07) is 5.68. The van der Waals surface area contributed by atoms with Crippen LogP contribution in [0.5, 0.6) is 0 Å². The van der Waals surface area contributed by atoms with Crippen LogP contribution in [0, 0.1) is 5.92 Å². The molecule has 0 aromatic heterocycles. The molecule has 0 aliphatic carbocycles. The summed E-state index contributed by atoms with van der Waals surface area (Å²) in [5, 5.41) is 19.2. The number of hydrogen-bond acceptors (Lipinski definition) is 4. The van der Waals surface area contributed by atoms with E-state index in [-0.39, 0.29) is 5.54 Å². The summed E-state index contributed by atoms with van der Waals surface area (Å²) in [6.45, 7) is 5.02. The van der Waals surface area contributed by atoms with Crippen molar-refractivity contribution in [1.29, 1.82) is 0 Å². The minimum absolute atomic E-state index is 0.190. The molecule has 2 rings (SSSR count). The van der Waals surface area contributed by atoms with Gasteiger partial charge in [-0.05, 0) is 69.2 Å². The van der Waals surface area contributed by atoms with Crippen molar-refractivity contribution in [1.82, 2.24) is 4.90 Å². The molecule has 1 aromatic carbocycles. The Morgan fingerprint density at radius 1 is 1.24 bits per heavy atom. The lowest BCUT2D eigenvalue weighted by molar-refractivity contribution is 0.125. The highest BCUT2D eigenvalue weighted by atomic mass is 35.5. The maximum atomic E-state index is 8.92. The van der Waals surface area contributed by atoms with Crippen LogP contribution in [0.25, 0.3) is 0 Å². The first-order chi connectivity index (χ1) is 11.8. The lowest BCUT2D eigenvalue weighted by Gasteiger charge is -2.41. The van der Waals surface area contributed by atoms with Crippen molar-refractivity contribution in [3.8, 4) is 0 Å². The van der Waals surface area contributed by atoms with Gasteiger partial charge in [0.2, 0.25) is 0 Å². The fourth-order valence-corrected chi connectivity index (χ4v) is 4.15. The Hall–Kier alpha value is -0.295. The predicted octanol–water partition coefficient (Wildman–Crippen LogP) is 3.57. The molecular formula is C18H29BCl2N2O2. The van der Waals surface area contributed by atoms with Crippen molar-refractivity contribution in [2.75, 3.05) is 13.1 Å². The standard InChI is InChI=1S/C18H29BCl2N2O2/c1-18(22,8-2-3-9-19(24)25)15-6-10-23(11-7-15)13-14-4-5-16(20)12-17(14)21/h4-5,12,15,24-25H,2-3,6-11,13,22H2,1H3. The number of nitrogens with zero attached hydrogens (tertiary/aromatic N) is 1. The first-order valence-corrected chi connectivity index (χ1v) is 9.85. The van der Waals surface area contributed by atoms with Crippen LogP contribution in [0.15, 0.2) is 18.2 Å². The molecule has 4 N–H and O–H groups in total. The summed E-state index contributed by atoms with van der Waals surface area (Å²) in [6.07, 6.45) is 5.26. The number of piperidine rings is 1. The molecule has 1 aliphatic heterocycles. The normalized spacial score (nSPS) is 19.0. The van der Waals surface area contributed by atoms with Crippen molar-refractivity contribution in [2.45, 2.75) is 57.4 Å². The largest absolute Gasteiger partial charge is 0.451 e. The highest BCUT2D eigenvalue weighted by Gasteiger charge is 2.32. The van der Waals surface area contributed by atoms with Crippen molar-refractivity contribution in [3.63, 3.8) is 0 Å². The monoisotopic (exact) mass is 386 g/mol. The van der Waals surface area contributed by atoms with Gasteiger partial charge in [-0.15, -0.1) is 0 Å². The van der Waals surface area contributed by atoms with Gasteiger partial charge in [0, 0.05) is 22.1 Å². The van der Waals surface area contributed by atoms with E-state index in [2.05, 4.69) is 11.8 Å². The van der Waals surface area contributed by atoms with Gasteiger partial charge >= 0.3 is 7.12 Å². The van der Waals surface area contributed by atoms with Gasteiger partial charge in [-0.2, -0.15) is 0 Å². The molecule has 0 saturated carbocycles. The SMILES string of the molecule is CC(N)(CCCCB(O)O)C1CCN(Cc2ccc(Cl)cc2Cl)CC1. The van der Waals surface area contributed by atoms with Crippen LogP contribution in [-0.2, 0) is 6.54 Å². The van der Waals surface area contributed by atoms with E-state index in [1.807, 2.05) is 12.1 Å². The third kappa shape index (κ3) is 6.74. The van der Waals surface area contributed by atoms with Gasteiger partial charge in [-0.25, -0.2) is 0 Å². The van der Waals surface area contributed by atoms with Crippen molar-refractivity contribution in [2.24, 2.45) is 11.7 Å². The third-order valence-corrected chi connectivity index (χ3v) is 5.94. The van der Waals surface area contributed by atoms with Crippen molar-refractivity contribution in [3.05, 3.63) is 33.8 Å². The van der Waals surface area contributed by atoms with Crippen LogP contribution in [0.4, 0.5) is 0 Å². The molecule has 4 nitrogen and oxygen atoms in total. The van der Waals surface area contributed by atoms with Gasteiger partial charge in [0.05, 0.1) is 0 Å². The lowest BCUT2D eigenvalue weighted by atomic mass is 9.75. The second-order valence-electron chi connectivity index (χ2n) is 7.52. The zero-order valence-electron chi connectivity index (χ0n) is 14.9. The maximum absolute atomic E-state index is 8.92. The molecule has 1 heterocycles. The molecule has 1 aromatic rings. The third-order valence-electron chi connectivity index (χ3n) is 5.36. The molecule has 1 atom stereocenters. The Bertz CT molecular complexity index is 550. The summed E-state index contributed by atoms with van der Waals surface area (Å²) < 4.78 is 0. The lowest BCUT2D eigenvalue weighted by Crippen LogP contribution is -2.49. The smallest absolute Gasteiger partial charge is 0.427 e. The van der Waals surface area contributed by atoms with Gasteiger partial charge in [-0.3, -0.25) is 4.90 Å². The molecule has 1 saturated heterocycles. The van der Waals surface area contributed by atoms with E-state index in [9.17, 15) is 0 Å². The van der Waals surface area contributed by atoms with Crippen LogP contribution in [-0.4, -0.2) is 40.7 Å². The molecule has 1 aliphatic rings. The zero-order valence-corrected chi connectivity index (χ0v) is 16.4. The molecule has 0 radical (unpaired) electrons. The van der Waals surface area contributed by atoms with E-state index in [0.29, 0.717) is 17.3 Å². The summed E-state index contributed by atoms with van der Waals surface area (Å²) in [5.41, 5.74) is 7.49. The molecule has 1 fully saturated rings. The highest BCUT2D eigenvalue weighted by Crippen LogP contribution is 2.32. The van der Waals surface area contributed by atoms with Crippen LogP contribution in [0.1, 0.15) is 44.6 Å². The van der Waals surface area contributed by atoms with Gasteiger partial charge in [0.1, 0.15) is 0 Å². The summed E-state index contributed by atoms with van der Waals surface area (Å²) in [5.74, 6) is 0.503. The van der Waals surface area contributed by atoms with Crippen LogP contribution >= 0.6 is 23.2 Å². The van der Waals surface area contributed by atoms with Gasteiger partial charge < -0.3 is 15.8 Å². The predicted molar refractivity (Wildman–Crippen MR) is 106 cm³/mol. The van der Waals surface area contributed by atoms with E-state index in [4.69, 9.17) is 39.0 Å². The topological polar surface area (TPSA) is 69.7 Å². The molecule has 7 heteroatoms. The molecule has 0 amide bonds. The van der Waals surface area contributed by atoms with Crippen LogP contribution in [0.2, 0.25) is 16.4 Å². The quantitative estimate of drug-likeness (QED) is 0.471. The second-order valence-corrected chi connectivity index (χ2v) is 8.36. The van der Waals surface area contributed by atoms with Crippen molar-refractivity contribution < 1.29 is 10.0 Å². The number of unbranched alkanes of at least 4 members (excludes halogenated alkanes) is 1. The molecule has 0 bridgehead atoms. The Kier molecular flexibility index (Phi) is 8.06. The number of halogens is 2. The van der Waals surface area contributed by atoms with E-state index in [0.717, 1.165) is 62.3 Å². The average Bonchev–Trinajstić information content (AvgIpc) is 2.55. The van der Waals surface area contributed by atoms with E-state index < -0.39 is 7.12 Å². The van der Waals surface area contributed by atoms with Gasteiger partial charge in [0.25, 0.3) is 0 Å². The van der Waals surface area contributed by atoms with Crippen LogP contribution < -0.4 is 5.73 Å². The average molecular weight is 387 g/mol. The Morgan fingerprint density at radius 2 is 1.92 bits per heavy atom. The molecular weight excluding hydrogens is 358 g/mol. The Labute approximate surface area is 161 Å². The second kappa shape index (κ2) is 9.59. The molecule has 25 heavy (non-hydrogen) atoms. The fourth-order valence-electron chi connectivity index (χ4n) is 3.68. The number of benzene rings is 1. The van der Waals surface area contributed by atoms with Gasteiger partial charge in [-0.1, -0.05) is 42.1 Å². The number of hydrogen-bond donors (Lipinski definition) is 3. The van der Waals surface area contributed by atoms with E-state index in [1.165, 1.54) is 0 Å². The minimum Gasteiger partial charge on any atom is -0.427 e. The number of rotatable bonds is 8. The zero-order chi connectivity index (χ0) is 18.4.